The highest BCUT2D eigenvalue weighted by molar-refractivity contribution is 14.0. The van der Waals surface area contributed by atoms with Crippen LogP contribution in [0.5, 0.6) is 0 Å². The summed E-state index contributed by atoms with van der Waals surface area (Å²) in [5.74, 6) is 1.70. The molecule has 0 aromatic rings. The summed E-state index contributed by atoms with van der Waals surface area (Å²) in [6, 6.07) is 0.355. The number of nitrogens with one attached hydrogen (secondary N) is 2. The average Bonchev–Trinajstić information content (AvgIpc) is 2.63. The Labute approximate surface area is 181 Å². The maximum atomic E-state index is 11.8. The zero-order valence-corrected chi connectivity index (χ0v) is 19.5. The Bertz CT molecular complexity index is 455. The van der Waals surface area contributed by atoms with Crippen LogP contribution in [0.3, 0.4) is 0 Å². The molecule has 158 valence electrons. The molecule has 2 N–H and O–H groups in total. The van der Waals surface area contributed by atoms with Crippen LogP contribution in [0.15, 0.2) is 4.99 Å². The highest BCUT2D eigenvalue weighted by Gasteiger charge is 2.24. The first-order chi connectivity index (χ1) is 12.6. The van der Waals surface area contributed by atoms with E-state index in [1.807, 2.05) is 6.92 Å². The number of carbonyl (C=O) groups excluding carboxylic acids is 1. The Morgan fingerprint density at radius 3 is 2.56 bits per heavy atom. The lowest BCUT2D eigenvalue weighted by atomic mass is 10.0. The van der Waals surface area contributed by atoms with Crippen molar-refractivity contribution < 1.29 is 9.53 Å². The van der Waals surface area contributed by atoms with Crippen molar-refractivity contribution in [3.8, 4) is 0 Å². The van der Waals surface area contributed by atoms with Gasteiger partial charge in [0.15, 0.2) is 5.96 Å². The summed E-state index contributed by atoms with van der Waals surface area (Å²) in [4.78, 5) is 20.9. The van der Waals surface area contributed by atoms with Gasteiger partial charge in [0.05, 0.1) is 13.2 Å². The molecule has 0 saturated carbocycles. The van der Waals surface area contributed by atoms with Gasteiger partial charge in [0.1, 0.15) is 0 Å². The van der Waals surface area contributed by atoms with Crippen molar-refractivity contribution in [3.63, 3.8) is 0 Å². The number of carbonyl (C=O) groups is 1. The summed E-state index contributed by atoms with van der Waals surface area (Å²) < 4.78 is 5.08. The number of guanidine groups is 1. The van der Waals surface area contributed by atoms with Crippen molar-refractivity contribution in [2.75, 3.05) is 52.4 Å². The van der Waals surface area contributed by atoms with E-state index in [0.29, 0.717) is 12.6 Å². The number of piperidine rings is 2. The number of rotatable bonds is 6. The van der Waals surface area contributed by atoms with Crippen LogP contribution in [-0.4, -0.2) is 80.3 Å². The molecular weight excluding hydrogens is 457 g/mol. The number of likely N-dealkylation sites (tertiary alicyclic amines) is 2. The molecule has 1 unspecified atom stereocenters. The number of aliphatic imine (C=N–C) groups is 1. The fraction of sp³-hybridized carbons (Fsp3) is 0.895. The number of hydrogen-bond donors (Lipinski definition) is 2. The third-order valence-corrected chi connectivity index (χ3v) is 5.13. The monoisotopic (exact) mass is 495 g/mol. The van der Waals surface area contributed by atoms with E-state index >= 15 is 0 Å². The summed E-state index contributed by atoms with van der Waals surface area (Å²) in [6.07, 6.45) is 4.32. The van der Waals surface area contributed by atoms with E-state index in [1.165, 1.54) is 25.9 Å². The quantitative estimate of drug-likeness (QED) is 0.337. The van der Waals surface area contributed by atoms with Crippen molar-refractivity contribution in [3.05, 3.63) is 0 Å². The number of amides is 1. The molecule has 2 saturated heterocycles. The zero-order chi connectivity index (χ0) is 18.8. The van der Waals surface area contributed by atoms with E-state index in [-0.39, 0.29) is 30.1 Å². The van der Waals surface area contributed by atoms with Crippen LogP contribution in [0.1, 0.15) is 46.5 Å². The molecule has 1 atom stereocenters. The van der Waals surface area contributed by atoms with Crippen LogP contribution >= 0.6 is 24.0 Å². The summed E-state index contributed by atoms with van der Waals surface area (Å²) in [5, 5.41) is 6.88. The van der Waals surface area contributed by atoms with Crippen molar-refractivity contribution in [2.45, 2.75) is 52.5 Å². The lowest BCUT2D eigenvalue weighted by molar-refractivity contribution is 0.0963. The van der Waals surface area contributed by atoms with Gasteiger partial charge in [-0.2, -0.15) is 0 Å². The standard InChI is InChI=1S/C19H37N5O2.HI/c1-4-20-18(21-10-14-23-11-6-7-16(3)15-23)22-17-8-12-24(13-9-17)19(25)26-5-2;/h16-17H,4-15H2,1-3H3,(H2,20,21,22);1H. The predicted molar refractivity (Wildman–Crippen MR) is 121 cm³/mol. The molecule has 0 aromatic carbocycles. The highest BCUT2D eigenvalue weighted by Crippen LogP contribution is 2.15. The Morgan fingerprint density at radius 1 is 1.19 bits per heavy atom. The first-order valence-corrected chi connectivity index (χ1v) is 10.3. The Morgan fingerprint density at radius 2 is 1.93 bits per heavy atom. The van der Waals surface area contributed by atoms with Gasteiger partial charge in [-0.3, -0.25) is 4.99 Å². The van der Waals surface area contributed by atoms with E-state index in [1.54, 1.807) is 4.90 Å². The minimum Gasteiger partial charge on any atom is -0.450 e. The van der Waals surface area contributed by atoms with E-state index in [9.17, 15) is 4.79 Å². The fourth-order valence-electron chi connectivity index (χ4n) is 3.73. The minimum atomic E-state index is -0.192. The molecule has 0 spiro atoms. The molecule has 2 heterocycles. The second kappa shape index (κ2) is 13.4. The molecule has 0 aliphatic carbocycles. The predicted octanol–water partition coefficient (Wildman–Crippen LogP) is 2.51. The van der Waals surface area contributed by atoms with Gasteiger partial charge in [-0.05, 0) is 52.0 Å². The Kier molecular flexibility index (Phi) is 12.1. The minimum absolute atomic E-state index is 0. The molecule has 27 heavy (non-hydrogen) atoms. The lowest BCUT2D eigenvalue weighted by Crippen LogP contribution is -2.50. The van der Waals surface area contributed by atoms with Gasteiger partial charge in [-0.25, -0.2) is 4.79 Å². The fourth-order valence-corrected chi connectivity index (χ4v) is 3.73. The number of nitrogens with zero attached hydrogens (tertiary/aromatic N) is 3. The Balaban J connectivity index is 0.00000364. The van der Waals surface area contributed by atoms with Gasteiger partial charge >= 0.3 is 6.09 Å². The van der Waals surface area contributed by atoms with Crippen LogP contribution in [0.4, 0.5) is 4.79 Å². The second-order valence-electron chi connectivity index (χ2n) is 7.41. The summed E-state index contributed by atoms with van der Waals surface area (Å²) >= 11 is 0. The average molecular weight is 495 g/mol. The van der Waals surface area contributed by atoms with Gasteiger partial charge in [-0.1, -0.05) is 6.92 Å². The Hall–Kier alpha value is -0.770. The van der Waals surface area contributed by atoms with E-state index in [4.69, 9.17) is 9.73 Å². The maximum Gasteiger partial charge on any atom is 0.409 e. The molecule has 2 aliphatic heterocycles. The number of halogens is 1. The smallest absolute Gasteiger partial charge is 0.409 e. The summed E-state index contributed by atoms with van der Waals surface area (Å²) in [6.45, 7) is 13.3. The molecule has 1 amide bonds. The molecular formula is C19H38IN5O2. The molecule has 2 rings (SSSR count). The van der Waals surface area contributed by atoms with Crippen LogP contribution in [-0.2, 0) is 4.74 Å². The lowest BCUT2D eigenvalue weighted by Gasteiger charge is -2.32. The SMILES string of the molecule is CCNC(=NCCN1CCCC(C)C1)NC1CCN(C(=O)OCC)CC1.I. The largest absolute Gasteiger partial charge is 0.450 e. The van der Waals surface area contributed by atoms with Gasteiger partial charge in [0.25, 0.3) is 0 Å². The highest BCUT2D eigenvalue weighted by atomic mass is 127. The van der Waals surface area contributed by atoms with Crippen LogP contribution in [0.2, 0.25) is 0 Å². The number of ether oxygens (including phenoxy) is 1. The molecule has 2 fully saturated rings. The molecule has 7 nitrogen and oxygen atoms in total. The van der Waals surface area contributed by atoms with Crippen LogP contribution in [0, 0.1) is 5.92 Å². The van der Waals surface area contributed by atoms with Gasteiger partial charge in [0, 0.05) is 38.8 Å². The third-order valence-electron chi connectivity index (χ3n) is 5.13. The third kappa shape index (κ3) is 8.85. The van der Waals surface area contributed by atoms with Crippen LogP contribution < -0.4 is 10.6 Å². The van der Waals surface area contributed by atoms with Gasteiger partial charge in [0.2, 0.25) is 0 Å². The van der Waals surface area contributed by atoms with Crippen molar-refractivity contribution >= 4 is 36.0 Å². The van der Waals surface area contributed by atoms with Crippen molar-refractivity contribution in [1.29, 1.82) is 0 Å². The van der Waals surface area contributed by atoms with E-state index in [0.717, 1.165) is 57.4 Å². The molecule has 8 heteroatoms. The topological polar surface area (TPSA) is 69.2 Å². The molecule has 2 aliphatic rings. The summed E-state index contributed by atoms with van der Waals surface area (Å²) in [5.41, 5.74) is 0. The normalized spacial score (nSPS) is 22.1. The second-order valence-corrected chi connectivity index (χ2v) is 7.41. The van der Waals surface area contributed by atoms with Crippen LogP contribution in [0.25, 0.3) is 0 Å². The summed E-state index contributed by atoms with van der Waals surface area (Å²) in [7, 11) is 0. The first kappa shape index (κ1) is 24.3. The van der Waals surface area contributed by atoms with Crippen molar-refractivity contribution in [1.82, 2.24) is 20.4 Å². The molecule has 0 bridgehead atoms. The van der Waals surface area contributed by atoms with Gasteiger partial charge in [-0.15, -0.1) is 24.0 Å². The molecule has 0 aromatic heterocycles. The first-order valence-electron chi connectivity index (χ1n) is 10.3. The van der Waals surface area contributed by atoms with Gasteiger partial charge < -0.3 is 25.2 Å². The van der Waals surface area contributed by atoms with E-state index < -0.39 is 0 Å². The molecule has 0 radical (unpaired) electrons. The zero-order valence-electron chi connectivity index (χ0n) is 17.2. The number of hydrogen-bond acceptors (Lipinski definition) is 4. The van der Waals surface area contributed by atoms with Crippen molar-refractivity contribution in [2.24, 2.45) is 10.9 Å². The van der Waals surface area contributed by atoms with E-state index in [2.05, 4.69) is 29.4 Å². The maximum absolute atomic E-state index is 11.8.